The van der Waals surface area contributed by atoms with Gasteiger partial charge in [-0.25, -0.2) is 0 Å². The number of aryl methyl sites for hydroxylation is 3. The SMILES string of the molecule is Cc1ccc(-n2c(C)cc(C=O)c2C)c(C)c1. The molecule has 2 heteroatoms. The molecule has 0 spiro atoms. The maximum atomic E-state index is 10.9. The molecule has 17 heavy (non-hydrogen) atoms. The van der Waals surface area contributed by atoms with Gasteiger partial charge < -0.3 is 4.57 Å². The third-order valence-corrected chi connectivity index (χ3v) is 3.19. The Balaban J connectivity index is 2.68. The molecule has 0 N–H and O–H groups in total. The van der Waals surface area contributed by atoms with E-state index in [4.69, 9.17) is 0 Å². The minimum atomic E-state index is 0.766. The van der Waals surface area contributed by atoms with Crippen LogP contribution in [0.2, 0.25) is 0 Å². The normalized spacial score (nSPS) is 10.6. The maximum absolute atomic E-state index is 10.9. The van der Waals surface area contributed by atoms with E-state index in [1.54, 1.807) is 0 Å². The number of aromatic nitrogens is 1. The summed E-state index contributed by atoms with van der Waals surface area (Å²) in [7, 11) is 0. The van der Waals surface area contributed by atoms with Crippen LogP contribution in [0.3, 0.4) is 0 Å². The number of hydrogen-bond acceptors (Lipinski definition) is 1. The van der Waals surface area contributed by atoms with Gasteiger partial charge in [0, 0.05) is 22.6 Å². The fourth-order valence-corrected chi connectivity index (χ4v) is 2.33. The summed E-state index contributed by atoms with van der Waals surface area (Å²) in [4.78, 5) is 10.9. The molecule has 0 bridgehead atoms. The van der Waals surface area contributed by atoms with Crippen molar-refractivity contribution in [3.63, 3.8) is 0 Å². The predicted molar refractivity (Wildman–Crippen MR) is 70.1 cm³/mol. The molecular weight excluding hydrogens is 210 g/mol. The lowest BCUT2D eigenvalue weighted by atomic mass is 10.1. The third kappa shape index (κ3) is 1.91. The first-order valence-corrected chi connectivity index (χ1v) is 5.76. The first-order chi connectivity index (χ1) is 8.04. The van der Waals surface area contributed by atoms with Crippen molar-refractivity contribution in [1.82, 2.24) is 4.57 Å². The summed E-state index contributed by atoms with van der Waals surface area (Å²) in [6, 6.07) is 8.30. The van der Waals surface area contributed by atoms with Crippen molar-refractivity contribution in [1.29, 1.82) is 0 Å². The van der Waals surface area contributed by atoms with Crippen LogP contribution in [0.15, 0.2) is 24.3 Å². The molecule has 0 fully saturated rings. The van der Waals surface area contributed by atoms with Crippen molar-refractivity contribution in [2.75, 3.05) is 0 Å². The first-order valence-electron chi connectivity index (χ1n) is 5.76. The number of hydrogen-bond donors (Lipinski definition) is 0. The number of benzene rings is 1. The van der Waals surface area contributed by atoms with Gasteiger partial charge in [-0.3, -0.25) is 4.79 Å². The minimum absolute atomic E-state index is 0.766. The Morgan fingerprint density at radius 1 is 1.06 bits per heavy atom. The molecule has 1 aromatic carbocycles. The lowest BCUT2D eigenvalue weighted by Crippen LogP contribution is -2.02. The number of carbonyl (C=O) groups excluding carboxylic acids is 1. The largest absolute Gasteiger partial charge is 0.318 e. The molecule has 0 radical (unpaired) electrons. The molecular formula is C15H17NO. The Morgan fingerprint density at radius 2 is 1.76 bits per heavy atom. The molecule has 0 saturated heterocycles. The van der Waals surface area contributed by atoms with Crippen LogP contribution in [0, 0.1) is 27.7 Å². The zero-order chi connectivity index (χ0) is 12.6. The highest BCUT2D eigenvalue weighted by atomic mass is 16.1. The Bertz CT molecular complexity index is 579. The molecule has 1 aromatic heterocycles. The molecule has 2 aromatic rings. The van der Waals surface area contributed by atoms with E-state index < -0.39 is 0 Å². The fraction of sp³-hybridized carbons (Fsp3) is 0.267. The summed E-state index contributed by atoms with van der Waals surface area (Å²) in [5.41, 5.74) is 6.50. The quantitative estimate of drug-likeness (QED) is 0.719. The smallest absolute Gasteiger partial charge is 0.151 e. The number of nitrogens with zero attached hydrogens (tertiary/aromatic N) is 1. The Morgan fingerprint density at radius 3 is 2.29 bits per heavy atom. The summed E-state index contributed by atoms with van der Waals surface area (Å²) in [6.07, 6.45) is 0.919. The van der Waals surface area contributed by atoms with Crippen LogP contribution >= 0.6 is 0 Å². The molecule has 0 amide bonds. The van der Waals surface area contributed by atoms with Crippen LogP contribution < -0.4 is 0 Å². The van der Waals surface area contributed by atoms with Crippen molar-refractivity contribution >= 4 is 6.29 Å². The standard InChI is InChI=1S/C15H17NO/c1-10-5-6-15(11(2)7-10)16-12(3)8-14(9-17)13(16)4/h5-9H,1-4H3. The predicted octanol–water partition coefficient (Wildman–Crippen LogP) is 3.52. The van der Waals surface area contributed by atoms with Crippen molar-refractivity contribution < 1.29 is 4.79 Å². The maximum Gasteiger partial charge on any atom is 0.151 e. The van der Waals surface area contributed by atoms with Gasteiger partial charge in [0.1, 0.15) is 0 Å². The zero-order valence-corrected chi connectivity index (χ0v) is 10.7. The van der Waals surface area contributed by atoms with Crippen molar-refractivity contribution in [3.8, 4) is 5.69 Å². The van der Waals surface area contributed by atoms with Crippen LogP contribution in [0.1, 0.15) is 32.9 Å². The topological polar surface area (TPSA) is 22.0 Å². The second-order valence-electron chi connectivity index (χ2n) is 4.57. The molecule has 0 atom stereocenters. The molecule has 0 saturated carbocycles. The van der Waals surface area contributed by atoms with E-state index in [2.05, 4.69) is 36.6 Å². The second-order valence-corrected chi connectivity index (χ2v) is 4.57. The average molecular weight is 227 g/mol. The van der Waals surface area contributed by atoms with E-state index in [-0.39, 0.29) is 0 Å². The van der Waals surface area contributed by atoms with Crippen molar-refractivity contribution in [2.45, 2.75) is 27.7 Å². The second kappa shape index (κ2) is 4.21. The summed E-state index contributed by atoms with van der Waals surface area (Å²) < 4.78 is 2.14. The molecule has 88 valence electrons. The summed E-state index contributed by atoms with van der Waals surface area (Å²) in [6.45, 7) is 8.19. The first kappa shape index (κ1) is 11.6. The lowest BCUT2D eigenvalue weighted by Gasteiger charge is -2.13. The number of aldehydes is 1. The van der Waals surface area contributed by atoms with Gasteiger partial charge in [0.05, 0.1) is 0 Å². The summed E-state index contributed by atoms with van der Waals surface area (Å²) in [5, 5.41) is 0. The van der Waals surface area contributed by atoms with Gasteiger partial charge >= 0.3 is 0 Å². The van der Waals surface area contributed by atoms with Crippen molar-refractivity contribution in [2.24, 2.45) is 0 Å². The average Bonchev–Trinajstić information content (AvgIpc) is 2.55. The molecule has 0 aliphatic heterocycles. The van der Waals surface area contributed by atoms with Crippen LogP contribution in [0.25, 0.3) is 5.69 Å². The van der Waals surface area contributed by atoms with E-state index >= 15 is 0 Å². The fourth-order valence-electron chi connectivity index (χ4n) is 2.33. The Hall–Kier alpha value is -1.83. The van der Waals surface area contributed by atoms with Gasteiger partial charge in [0.15, 0.2) is 6.29 Å². The van der Waals surface area contributed by atoms with Gasteiger partial charge in [0.2, 0.25) is 0 Å². The number of carbonyl (C=O) groups is 1. The molecule has 0 unspecified atom stereocenters. The molecule has 0 aliphatic carbocycles. The lowest BCUT2D eigenvalue weighted by molar-refractivity contribution is 0.112. The monoisotopic (exact) mass is 227 g/mol. The summed E-state index contributed by atoms with van der Waals surface area (Å²) >= 11 is 0. The van der Waals surface area contributed by atoms with Crippen molar-refractivity contribution in [3.05, 3.63) is 52.3 Å². The van der Waals surface area contributed by atoms with Gasteiger partial charge in [0.25, 0.3) is 0 Å². The van der Waals surface area contributed by atoms with E-state index in [1.165, 1.54) is 11.1 Å². The molecule has 2 rings (SSSR count). The summed E-state index contributed by atoms with van der Waals surface area (Å²) in [5.74, 6) is 0. The number of rotatable bonds is 2. The van der Waals surface area contributed by atoms with Crippen LogP contribution in [-0.2, 0) is 0 Å². The highest BCUT2D eigenvalue weighted by molar-refractivity contribution is 5.77. The highest BCUT2D eigenvalue weighted by Crippen LogP contribution is 2.23. The van der Waals surface area contributed by atoms with E-state index in [1.807, 2.05) is 19.9 Å². The van der Waals surface area contributed by atoms with E-state index in [0.717, 1.165) is 28.9 Å². The molecule has 2 nitrogen and oxygen atoms in total. The van der Waals surface area contributed by atoms with E-state index in [0.29, 0.717) is 0 Å². The Kier molecular flexibility index (Phi) is 2.88. The van der Waals surface area contributed by atoms with Gasteiger partial charge in [-0.15, -0.1) is 0 Å². The molecule has 0 aliphatic rings. The van der Waals surface area contributed by atoms with E-state index in [9.17, 15) is 4.79 Å². The van der Waals surface area contributed by atoms with Crippen LogP contribution in [0.5, 0.6) is 0 Å². The minimum Gasteiger partial charge on any atom is -0.318 e. The zero-order valence-electron chi connectivity index (χ0n) is 10.7. The van der Waals surface area contributed by atoms with Crippen LogP contribution in [0.4, 0.5) is 0 Å². The van der Waals surface area contributed by atoms with Crippen LogP contribution in [-0.4, -0.2) is 10.9 Å². The van der Waals surface area contributed by atoms with Gasteiger partial charge in [-0.05, 0) is 45.4 Å². The van der Waals surface area contributed by atoms with Gasteiger partial charge in [-0.2, -0.15) is 0 Å². The Labute approximate surface area is 102 Å². The van der Waals surface area contributed by atoms with Gasteiger partial charge in [-0.1, -0.05) is 17.7 Å². The third-order valence-electron chi connectivity index (χ3n) is 3.19. The highest BCUT2D eigenvalue weighted by Gasteiger charge is 2.11. The molecule has 1 heterocycles.